The van der Waals surface area contributed by atoms with Crippen molar-refractivity contribution >= 4 is 21.8 Å². The third-order valence-corrected chi connectivity index (χ3v) is 4.36. The Morgan fingerprint density at radius 3 is 3.10 bits per heavy atom. The second-order valence-corrected chi connectivity index (χ2v) is 5.85. The van der Waals surface area contributed by atoms with Crippen LogP contribution >= 0.6 is 15.9 Å². The van der Waals surface area contributed by atoms with Gasteiger partial charge in [0, 0.05) is 13.0 Å². The van der Waals surface area contributed by atoms with Gasteiger partial charge in [0.2, 0.25) is 5.91 Å². The highest BCUT2D eigenvalue weighted by Crippen LogP contribution is 2.40. The lowest BCUT2D eigenvalue weighted by atomic mass is 9.97. The number of hydrogen-bond donors (Lipinski definition) is 1. The molecular formula is C16H20BrNO2. The van der Waals surface area contributed by atoms with Gasteiger partial charge >= 0.3 is 0 Å². The molecule has 0 spiro atoms. The lowest BCUT2D eigenvalue weighted by Crippen LogP contribution is -2.24. The number of nitrogens with one attached hydrogen (secondary N) is 1. The predicted octanol–water partition coefficient (Wildman–Crippen LogP) is 3.92. The first-order chi connectivity index (χ1) is 9.65. The number of hydrogen-bond acceptors (Lipinski definition) is 2. The van der Waals surface area contributed by atoms with Crippen molar-refractivity contribution in [2.75, 3.05) is 6.54 Å². The van der Waals surface area contributed by atoms with E-state index in [0.29, 0.717) is 12.3 Å². The van der Waals surface area contributed by atoms with Crippen LogP contribution in [-0.4, -0.2) is 12.5 Å². The fourth-order valence-electron chi connectivity index (χ4n) is 2.68. The van der Waals surface area contributed by atoms with Crippen LogP contribution < -0.4 is 10.1 Å². The van der Waals surface area contributed by atoms with Crippen molar-refractivity contribution in [3.05, 3.63) is 40.6 Å². The van der Waals surface area contributed by atoms with Crippen molar-refractivity contribution in [2.45, 2.75) is 38.5 Å². The molecule has 0 saturated heterocycles. The summed E-state index contributed by atoms with van der Waals surface area (Å²) in [5.41, 5.74) is 2.72. The van der Waals surface area contributed by atoms with Gasteiger partial charge in [0.1, 0.15) is 5.75 Å². The molecule has 0 heterocycles. The van der Waals surface area contributed by atoms with E-state index >= 15 is 0 Å². The summed E-state index contributed by atoms with van der Waals surface area (Å²) in [6.07, 6.45) is 5.20. The molecule has 108 valence electrons. The number of ether oxygens (including phenoxy) is 1. The minimum Gasteiger partial charge on any atom is -0.464 e. The highest BCUT2D eigenvalue weighted by atomic mass is 79.9. The van der Waals surface area contributed by atoms with Gasteiger partial charge in [0.05, 0.1) is 10.7 Å². The van der Waals surface area contributed by atoms with E-state index in [2.05, 4.69) is 40.0 Å². The maximum Gasteiger partial charge on any atom is 0.219 e. The van der Waals surface area contributed by atoms with Crippen molar-refractivity contribution in [3.8, 4) is 5.75 Å². The van der Waals surface area contributed by atoms with Crippen LogP contribution in [0.15, 0.2) is 29.4 Å². The summed E-state index contributed by atoms with van der Waals surface area (Å²) in [6, 6.07) is 4.24. The Morgan fingerprint density at radius 1 is 1.60 bits per heavy atom. The number of carbonyl (C=O) groups is 1. The first-order valence-electron chi connectivity index (χ1n) is 7.02. The molecule has 1 N–H and O–H groups in total. The standard InChI is InChI=1S/C16H20BrNO2/c1-3-16(19)18-8-7-11-5-6-12-9-14(17)15(20-4-2)10-13(11)12/h4,9-11H,2-3,5-8H2,1H3,(H,18,19)/t11-/m0/s1. The van der Waals surface area contributed by atoms with E-state index in [1.165, 1.54) is 17.4 Å². The second-order valence-electron chi connectivity index (χ2n) is 4.99. The molecule has 1 aromatic rings. The maximum atomic E-state index is 11.3. The van der Waals surface area contributed by atoms with Crippen LogP contribution in [-0.2, 0) is 11.2 Å². The van der Waals surface area contributed by atoms with Crippen molar-refractivity contribution in [1.29, 1.82) is 0 Å². The molecule has 2 rings (SSSR count). The van der Waals surface area contributed by atoms with Crippen molar-refractivity contribution in [2.24, 2.45) is 0 Å². The molecule has 0 fully saturated rings. The second kappa shape index (κ2) is 6.93. The SMILES string of the molecule is C=COc1cc2c(cc1Br)CC[C@H]2CCNC(=O)CC. The summed E-state index contributed by atoms with van der Waals surface area (Å²) in [5, 5.41) is 2.95. The van der Waals surface area contributed by atoms with E-state index in [1.807, 2.05) is 6.92 Å². The molecule has 1 aliphatic rings. The Balaban J connectivity index is 2.05. The van der Waals surface area contributed by atoms with Gasteiger partial charge < -0.3 is 10.1 Å². The number of halogens is 1. The summed E-state index contributed by atoms with van der Waals surface area (Å²) in [5.74, 6) is 1.43. The molecule has 0 radical (unpaired) electrons. The molecule has 1 atom stereocenters. The predicted molar refractivity (Wildman–Crippen MR) is 83.9 cm³/mol. The van der Waals surface area contributed by atoms with Gasteiger partial charge in [-0.25, -0.2) is 0 Å². The number of aryl methyl sites for hydroxylation is 1. The fraction of sp³-hybridized carbons (Fsp3) is 0.438. The van der Waals surface area contributed by atoms with Crippen molar-refractivity contribution < 1.29 is 9.53 Å². The van der Waals surface area contributed by atoms with Crippen LogP contribution in [0.4, 0.5) is 0 Å². The molecule has 1 aliphatic carbocycles. The number of carbonyl (C=O) groups excluding carboxylic acids is 1. The van der Waals surface area contributed by atoms with E-state index in [4.69, 9.17) is 4.74 Å². The zero-order chi connectivity index (χ0) is 14.5. The van der Waals surface area contributed by atoms with Crippen LogP contribution in [0.25, 0.3) is 0 Å². The molecule has 0 aromatic heterocycles. The number of rotatable bonds is 6. The summed E-state index contributed by atoms with van der Waals surface area (Å²) >= 11 is 3.52. The van der Waals surface area contributed by atoms with Gasteiger partial charge in [-0.05, 0) is 64.4 Å². The topological polar surface area (TPSA) is 38.3 Å². The van der Waals surface area contributed by atoms with Crippen LogP contribution in [0.5, 0.6) is 5.75 Å². The van der Waals surface area contributed by atoms with Gasteiger partial charge in [-0.3, -0.25) is 4.79 Å². The average Bonchev–Trinajstić information content (AvgIpc) is 2.81. The quantitative estimate of drug-likeness (QED) is 0.799. The van der Waals surface area contributed by atoms with E-state index in [1.54, 1.807) is 0 Å². The van der Waals surface area contributed by atoms with Crippen LogP contribution in [0, 0.1) is 0 Å². The van der Waals surface area contributed by atoms with Crippen LogP contribution in [0.2, 0.25) is 0 Å². The zero-order valence-corrected chi connectivity index (χ0v) is 13.3. The van der Waals surface area contributed by atoms with E-state index < -0.39 is 0 Å². The monoisotopic (exact) mass is 337 g/mol. The first kappa shape index (κ1) is 15.1. The highest BCUT2D eigenvalue weighted by molar-refractivity contribution is 9.10. The molecule has 0 unspecified atom stereocenters. The molecule has 4 heteroatoms. The molecule has 0 bridgehead atoms. The lowest BCUT2D eigenvalue weighted by Gasteiger charge is -2.14. The number of benzene rings is 1. The third-order valence-electron chi connectivity index (χ3n) is 3.74. The summed E-state index contributed by atoms with van der Waals surface area (Å²) in [6.45, 7) is 6.21. The Bertz CT molecular complexity index is 513. The normalized spacial score (nSPS) is 16.6. The lowest BCUT2D eigenvalue weighted by molar-refractivity contribution is -0.120. The molecule has 3 nitrogen and oxygen atoms in total. The molecule has 0 aliphatic heterocycles. The minimum atomic E-state index is 0.120. The molecule has 1 aromatic carbocycles. The van der Waals surface area contributed by atoms with E-state index in [0.717, 1.165) is 36.0 Å². The summed E-state index contributed by atoms with van der Waals surface area (Å²) < 4.78 is 6.39. The van der Waals surface area contributed by atoms with Crippen molar-refractivity contribution in [3.63, 3.8) is 0 Å². The molecular weight excluding hydrogens is 318 g/mol. The number of amides is 1. The van der Waals surface area contributed by atoms with Gasteiger partial charge in [-0.1, -0.05) is 13.5 Å². The molecule has 0 saturated carbocycles. The van der Waals surface area contributed by atoms with E-state index in [-0.39, 0.29) is 5.91 Å². The Kier molecular flexibility index (Phi) is 5.24. The van der Waals surface area contributed by atoms with E-state index in [9.17, 15) is 4.79 Å². The summed E-state index contributed by atoms with van der Waals surface area (Å²) in [7, 11) is 0. The van der Waals surface area contributed by atoms with Crippen LogP contribution in [0.3, 0.4) is 0 Å². The van der Waals surface area contributed by atoms with Gasteiger partial charge in [-0.2, -0.15) is 0 Å². The van der Waals surface area contributed by atoms with Gasteiger partial charge in [0.25, 0.3) is 0 Å². The Labute approximate surface area is 128 Å². The molecule has 20 heavy (non-hydrogen) atoms. The summed E-state index contributed by atoms with van der Waals surface area (Å²) in [4.78, 5) is 11.3. The van der Waals surface area contributed by atoms with Gasteiger partial charge in [-0.15, -0.1) is 0 Å². The maximum absolute atomic E-state index is 11.3. The zero-order valence-electron chi connectivity index (χ0n) is 11.7. The smallest absolute Gasteiger partial charge is 0.219 e. The largest absolute Gasteiger partial charge is 0.464 e. The molecule has 1 amide bonds. The third kappa shape index (κ3) is 3.42. The minimum absolute atomic E-state index is 0.120. The number of fused-ring (bicyclic) bond motifs is 1. The first-order valence-corrected chi connectivity index (χ1v) is 7.81. The highest BCUT2D eigenvalue weighted by Gasteiger charge is 2.24. The Hall–Kier alpha value is -1.29. The van der Waals surface area contributed by atoms with Gasteiger partial charge in [0.15, 0.2) is 0 Å². The van der Waals surface area contributed by atoms with Crippen LogP contribution in [0.1, 0.15) is 43.2 Å². The Morgan fingerprint density at radius 2 is 2.40 bits per heavy atom. The fourth-order valence-corrected chi connectivity index (χ4v) is 3.17. The van der Waals surface area contributed by atoms with Crippen molar-refractivity contribution in [1.82, 2.24) is 5.32 Å². The average molecular weight is 338 g/mol.